The molecule has 0 amide bonds. The number of carbonyl (C=O) groups excluding carboxylic acids is 1. The molecule has 0 aromatic carbocycles. The summed E-state index contributed by atoms with van der Waals surface area (Å²) in [6.45, 7) is 4.73. The highest BCUT2D eigenvalue weighted by atomic mass is 16.5. The van der Waals surface area contributed by atoms with E-state index in [0.29, 0.717) is 13.2 Å². The first-order valence-electron chi connectivity index (χ1n) is 9.27. The number of β-amino-alcohol motifs (C(OH)–C–C–N with tert-alkyl or cyclic N) is 1. The minimum atomic E-state index is -0.545. The van der Waals surface area contributed by atoms with E-state index in [1.54, 1.807) is 0 Å². The summed E-state index contributed by atoms with van der Waals surface area (Å²) in [5.41, 5.74) is -0.476. The zero-order valence-electron chi connectivity index (χ0n) is 14.8. The van der Waals surface area contributed by atoms with Crippen LogP contribution in [0.2, 0.25) is 0 Å². The van der Waals surface area contributed by atoms with Gasteiger partial charge >= 0.3 is 5.97 Å². The predicted molar refractivity (Wildman–Crippen MR) is 92.4 cm³/mol. The van der Waals surface area contributed by atoms with Gasteiger partial charge in [-0.2, -0.15) is 0 Å². The highest BCUT2D eigenvalue weighted by Crippen LogP contribution is 2.31. The molecule has 1 N–H and O–H groups in total. The topological polar surface area (TPSA) is 59.0 Å². The zero-order valence-corrected chi connectivity index (χ0v) is 14.8. The maximum absolute atomic E-state index is 11.7. The molecule has 0 aromatic heterocycles. The highest BCUT2D eigenvalue weighted by Gasteiger charge is 2.32. The van der Waals surface area contributed by atoms with Gasteiger partial charge in [-0.3, -0.25) is 4.79 Å². The van der Waals surface area contributed by atoms with E-state index in [4.69, 9.17) is 15.9 Å². The summed E-state index contributed by atoms with van der Waals surface area (Å²) in [7, 11) is 0. The Morgan fingerprint density at radius 2 is 2.00 bits per heavy atom. The number of hydrogen-bond donors (Lipinski definition) is 1. The van der Waals surface area contributed by atoms with Crippen molar-refractivity contribution in [2.45, 2.75) is 63.6 Å². The van der Waals surface area contributed by atoms with Gasteiger partial charge in [0.2, 0.25) is 0 Å². The van der Waals surface area contributed by atoms with Crippen molar-refractivity contribution < 1.29 is 19.4 Å². The van der Waals surface area contributed by atoms with Gasteiger partial charge in [0.1, 0.15) is 5.60 Å². The van der Waals surface area contributed by atoms with E-state index in [1.807, 2.05) is 6.92 Å². The summed E-state index contributed by atoms with van der Waals surface area (Å²) < 4.78 is 11.0. The number of esters is 1. The minimum Gasteiger partial charge on any atom is -0.466 e. The predicted octanol–water partition coefficient (Wildman–Crippen LogP) is 1.98. The maximum atomic E-state index is 11.7. The lowest BCUT2D eigenvalue weighted by molar-refractivity contribution is -0.149. The molecule has 1 heterocycles. The number of aliphatic hydroxyl groups excluding tert-OH is 1. The van der Waals surface area contributed by atoms with Crippen LogP contribution < -0.4 is 0 Å². The summed E-state index contributed by atoms with van der Waals surface area (Å²) in [5.74, 6) is 2.72. The molecule has 1 atom stereocenters. The molecule has 5 nitrogen and oxygen atoms in total. The number of terminal acetylenes is 1. The van der Waals surface area contributed by atoms with Crippen LogP contribution >= 0.6 is 0 Å². The summed E-state index contributed by atoms with van der Waals surface area (Å²) in [5, 5.41) is 10.3. The average Bonchev–Trinajstić information content (AvgIpc) is 2.61. The smallest absolute Gasteiger partial charge is 0.309 e. The van der Waals surface area contributed by atoms with Crippen LogP contribution in [0, 0.1) is 18.3 Å². The number of likely N-dealkylation sites (tertiary alicyclic amines) is 1. The number of ether oxygens (including phenoxy) is 2. The van der Waals surface area contributed by atoms with Crippen molar-refractivity contribution in [2.24, 2.45) is 5.92 Å². The standard InChI is InChI=1S/C19H31NO4/c1-3-19(10-6-5-7-11-19)24-15-17(21)14-20-12-8-16(9-13-20)18(22)23-4-2/h1,16-17,21H,4-15H2,2H3/t17-/m0/s1. The number of aliphatic hydroxyl groups is 1. The summed E-state index contributed by atoms with van der Waals surface area (Å²) in [6, 6.07) is 0. The Morgan fingerprint density at radius 3 is 2.58 bits per heavy atom. The first-order valence-corrected chi connectivity index (χ1v) is 9.27. The van der Waals surface area contributed by atoms with Gasteiger partial charge in [0.15, 0.2) is 0 Å². The normalized spacial score (nSPS) is 23.4. The lowest BCUT2D eigenvalue weighted by Crippen LogP contribution is -2.43. The van der Waals surface area contributed by atoms with Crippen molar-refractivity contribution >= 4 is 5.97 Å². The van der Waals surface area contributed by atoms with Crippen LogP contribution in [0.4, 0.5) is 0 Å². The lowest BCUT2D eigenvalue weighted by Gasteiger charge is -2.35. The Morgan fingerprint density at radius 1 is 1.33 bits per heavy atom. The SMILES string of the molecule is C#CC1(OC[C@@H](O)CN2CCC(C(=O)OCC)CC2)CCCCC1. The second kappa shape index (κ2) is 9.41. The Hall–Kier alpha value is -1.09. The molecule has 5 heteroatoms. The molecule has 1 aliphatic heterocycles. The summed E-state index contributed by atoms with van der Waals surface area (Å²) in [4.78, 5) is 13.9. The second-order valence-electron chi connectivity index (χ2n) is 6.99. The first kappa shape index (κ1) is 19.2. The molecular weight excluding hydrogens is 306 g/mol. The Balaban J connectivity index is 1.69. The Labute approximate surface area is 145 Å². The van der Waals surface area contributed by atoms with Crippen molar-refractivity contribution in [1.82, 2.24) is 4.90 Å². The van der Waals surface area contributed by atoms with E-state index in [9.17, 15) is 9.90 Å². The second-order valence-corrected chi connectivity index (χ2v) is 6.99. The molecule has 2 rings (SSSR count). The molecule has 2 aliphatic rings. The molecule has 0 radical (unpaired) electrons. The fourth-order valence-corrected chi connectivity index (χ4v) is 3.67. The van der Waals surface area contributed by atoms with Crippen LogP contribution in [0.1, 0.15) is 51.9 Å². The van der Waals surface area contributed by atoms with Crippen molar-refractivity contribution in [1.29, 1.82) is 0 Å². The number of piperidine rings is 1. The minimum absolute atomic E-state index is 0.00143. The maximum Gasteiger partial charge on any atom is 0.309 e. The molecular formula is C19H31NO4. The third-order valence-electron chi connectivity index (χ3n) is 5.15. The van der Waals surface area contributed by atoms with E-state index in [0.717, 1.165) is 51.6 Å². The van der Waals surface area contributed by atoms with Gasteiger partial charge in [-0.25, -0.2) is 0 Å². The van der Waals surface area contributed by atoms with Crippen molar-refractivity contribution in [3.8, 4) is 12.3 Å². The summed E-state index contributed by atoms with van der Waals surface area (Å²) >= 11 is 0. The van der Waals surface area contributed by atoms with E-state index in [2.05, 4.69) is 10.8 Å². The molecule has 0 bridgehead atoms. The first-order chi connectivity index (χ1) is 11.6. The third-order valence-corrected chi connectivity index (χ3v) is 5.15. The molecule has 1 saturated carbocycles. The molecule has 0 aromatic rings. The van der Waals surface area contributed by atoms with Gasteiger partial charge in [-0.1, -0.05) is 12.3 Å². The number of hydrogen-bond acceptors (Lipinski definition) is 5. The van der Waals surface area contributed by atoms with E-state index in [1.165, 1.54) is 6.42 Å². The molecule has 0 spiro atoms. The van der Waals surface area contributed by atoms with Crippen LogP contribution in [0.25, 0.3) is 0 Å². The number of rotatable bonds is 7. The number of carbonyl (C=O) groups is 1. The van der Waals surface area contributed by atoms with Gasteiger partial charge in [0, 0.05) is 6.54 Å². The van der Waals surface area contributed by atoms with E-state index in [-0.39, 0.29) is 18.5 Å². The average molecular weight is 337 g/mol. The van der Waals surface area contributed by atoms with Crippen molar-refractivity contribution in [2.75, 3.05) is 32.8 Å². The van der Waals surface area contributed by atoms with Crippen molar-refractivity contribution in [3.05, 3.63) is 0 Å². The van der Waals surface area contributed by atoms with Crippen molar-refractivity contribution in [3.63, 3.8) is 0 Å². The van der Waals surface area contributed by atoms with Crippen LogP contribution in [0.5, 0.6) is 0 Å². The molecule has 1 saturated heterocycles. The van der Waals surface area contributed by atoms with Gasteiger partial charge < -0.3 is 19.5 Å². The summed E-state index contributed by atoms with van der Waals surface area (Å²) in [6.07, 6.45) is 11.9. The van der Waals surface area contributed by atoms with Crippen LogP contribution in [0.15, 0.2) is 0 Å². The Kier molecular flexibility index (Phi) is 7.54. The number of nitrogens with zero attached hydrogens (tertiary/aromatic N) is 1. The van der Waals surface area contributed by atoms with Gasteiger partial charge in [0.25, 0.3) is 0 Å². The van der Waals surface area contributed by atoms with Crippen LogP contribution in [-0.2, 0) is 14.3 Å². The molecule has 2 fully saturated rings. The largest absolute Gasteiger partial charge is 0.466 e. The molecule has 136 valence electrons. The van der Waals surface area contributed by atoms with Crippen LogP contribution in [0.3, 0.4) is 0 Å². The fourth-order valence-electron chi connectivity index (χ4n) is 3.67. The Bertz CT molecular complexity index is 431. The van der Waals surface area contributed by atoms with Gasteiger partial charge in [-0.15, -0.1) is 6.42 Å². The van der Waals surface area contributed by atoms with E-state index >= 15 is 0 Å². The molecule has 1 aliphatic carbocycles. The molecule has 0 unspecified atom stereocenters. The third kappa shape index (κ3) is 5.47. The van der Waals surface area contributed by atoms with Gasteiger partial charge in [-0.05, 0) is 58.5 Å². The quantitative estimate of drug-likeness (QED) is 0.569. The highest BCUT2D eigenvalue weighted by molar-refractivity contribution is 5.72. The van der Waals surface area contributed by atoms with E-state index < -0.39 is 11.7 Å². The lowest BCUT2D eigenvalue weighted by atomic mass is 9.85. The molecule has 24 heavy (non-hydrogen) atoms. The fraction of sp³-hybridized carbons (Fsp3) is 0.842. The monoisotopic (exact) mass is 337 g/mol. The van der Waals surface area contributed by atoms with Crippen LogP contribution in [-0.4, -0.2) is 60.5 Å². The van der Waals surface area contributed by atoms with Gasteiger partial charge in [0.05, 0.1) is 25.2 Å². The zero-order chi connectivity index (χ0) is 17.4.